The van der Waals surface area contributed by atoms with Crippen LogP contribution < -0.4 is 14.2 Å². The van der Waals surface area contributed by atoms with Gasteiger partial charge in [0.05, 0.1) is 20.0 Å². The third-order valence-corrected chi connectivity index (χ3v) is 3.69. The second-order valence-corrected chi connectivity index (χ2v) is 5.17. The van der Waals surface area contributed by atoms with Gasteiger partial charge in [0.15, 0.2) is 11.5 Å². The van der Waals surface area contributed by atoms with Gasteiger partial charge >= 0.3 is 0 Å². The number of oxazole rings is 1. The number of benzene rings is 1. The van der Waals surface area contributed by atoms with Gasteiger partial charge in [-0.05, 0) is 19.1 Å². The molecule has 1 aliphatic rings. The van der Waals surface area contributed by atoms with E-state index in [-0.39, 0.29) is 6.79 Å². The lowest BCUT2D eigenvalue weighted by Crippen LogP contribution is -1.98. The number of fused-ring (bicyclic) bond motifs is 1. The van der Waals surface area contributed by atoms with Crippen LogP contribution in [0.15, 0.2) is 35.3 Å². The molecule has 118 valence electrons. The molecular weight excluding hydrogens is 298 g/mol. The summed E-state index contributed by atoms with van der Waals surface area (Å²) in [6, 6.07) is 3.68. The van der Waals surface area contributed by atoms with Crippen molar-refractivity contribution in [2.24, 2.45) is 0 Å². The average Bonchev–Trinajstić information content (AvgIpc) is 3.28. The van der Waals surface area contributed by atoms with Gasteiger partial charge in [-0.1, -0.05) is 0 Å². The van der Waals surface area contributed by atoms with Crippen molar-refractivity contribution in [3.8, 4) is 28.7 Å². The predicted octanol–water partition coefficient (Wildman–Crippen LogP) is 2.63. The third-order valence-electron chi connectivity index (χ3n) is 3.69. The lowest BCUT2D eigenvalue weighted by atomic mass is 10.2. The minimum Gasteiger partial charge on any atom is -0.493 e. The maximum Gasteiger partial charge on any atom is 0.231 e. The van der Waals surface area contributed by atoms with Gasteiger partial charge in [-0.2, -0.15) is 0 Å². The van der Waals surface area contributed by atoms with Crippen LogP contribution in [0, 0.1) is 6.92 Å². The molecule has 0 atom stereocenters. The van der Waals surface area contributed by atoms with E-state index in [1.54, 1.807) is 19.6 Å². The summed E-state index contributed by atoms with van der Waals surface area (Å²) in [6.45, 7) is 2.69. The van der Waals surface area contributed by atoms with Gasteiger partial charge in [-0.15, -0.1) is 0 Å². The van der Waals surface area contributed by atoms with E-state index in [9.17, 15) is 0 Å². The van der Waals surface area contributed by atoms with Crippen LogP contribution >= 0.6 is 0 Å². The molecule has 0 radical (unpaired) electrons. The van der Waals surface area contributed by atoms with E-state index < -0.39 is 0 Å². The summed E-state index contributed by atoms with van der Waals surface area (Å²) in [5, 5.41) is 0. The maximum absolute atomic E-state index is 5.81. The summed E-state index contributed by atoms with van der Waals surface area (Å²) in [5.41, 5.74) is 1.64. The molecule has 3 heterocycles. The summed E-state index contributed by atoms with van der Waals surface area (Å²) >= 11 is 0. The summed E-state index contributed by atoms with van der Waals surface area (Å²) < 4.78 is 23.9. The Balaban J connectivity index is 1.71. The van der Waals surface area contributed by atoms with Crippen LogP contribution in [0.3, 0.4) is 0 Å². The van der Waals surface area contributed by atoms with Gasteiger partial charge < -0.3 is 23.2 Å². The quantitative estimate of drug-likeness (QED) is 0.737. The van der Waals surface area contributed by atoms with Gasteiger partial charge in [0, 0.05) is 18.0 Å². The normalized spacial score (nSPS) is 12.6. The smallest absolute Gasteiger partial charge is 0.231 e. The van der Waals surface area contributed by atoms with Crippen LogP contribution in [0.4, 0.5) is 0 Å². The molecule has 4 rings (SSSR count). The Morgan fingerprint density at radius 1 is 1.30 bits per heavy atom. The van der Waals surface area contributed by atoms with Crippen molar-refractivity contribution in [3.63, 3.8) is 0 Å². The summed E-state index contributed by atoms with van der Waals surface area (Å²) in [5.74, 6) is 3.13. The van der Waals surface area contributed by atoms with Crippen LogP contribution in [-0.2, 0) is 6.54 Å². The first-order valence-electron chi connectivity index (χ1n) is 7.14. The van der Waals surface area contributed by atoms with Gasteiger partial charge in [0.25, 0.3) is 0 Å². The number of aromatic nitrogens is 3. The molecule has 0 aliphatic carbocycles. The number of imidazole rings is 1. The fourth-order valence-electron chi connectivity index (χ4n) is 2.50. The zero-order chi connectivity index (χ0) is 15.8. The molecule has 0 saturated carbocycles. The molecule has 0 saturated heterocycles. The van der Waals surface area contributed by atoms with E-state index in [0.29, 0.717) is 29.7 Å². The lowest BCUT2D eigenvalue weighted by Gasteiger charge is -2.06. The molecule has 7 heteroatoms. The molecule has 0 fully saturated rings. The van der Waals surface area contributed by atoms with Crippen LogP contribution in [0.1, 0.15) is 11.5 Å². The molecule has 1 aliphatic heterocycles. The molecule has 0 amide bonds. The largest absolute Gasteiger partial charge is 0.493 e. The molecule has 7 nitrogen and oxygen atoms in total. The van der Waals surface area contributed by atoms with Crippen molar-refractivity contribution < 1.29 is 18.6 Å². The minimum absolute atomic E-state index is 0.186. The van der Waals surface area contributed by atoms with E-state index in [2.05, 4.69) is 9.97 Å². The van der Waals surface area contributed by atoms with Crippen LogP contribution in [-0.4, -0.2) is 28.4 Å². The number of methoxy groups -OCH3 is 1. The molecule has 0 unspecified atom stereocenters. The highest BCUT2D eigenvalue weighted by molar-refractivity contribution is 5.66. The van der Waals surface area contributed by atoms with E-state index in [1.165, 1.54) is 0 Å². The number of rotatable bonds is 4. The SMILES string of the molecule is COc1cc(-c2nc(Cn3ccnc3)c(C)o2)cc2c1OCO2. The number of hydrogen-bond donors (Lipinski definition) is 0. The summed E-state index contributed by atoms with van der Waals surface area (Å²) in [6.07, 6.45) is 5.37. The standard InChI is InChI=1S/C16H15N3O4/c1-10-12(7-19-4-3-17-8-19)18-16(23-10)11-5-13(20-2)15-14(6-11)21-9-22-15/h3-6,8H,7,9H2,1-2H3. The highest BCUT2D eigenvalue weighted by atomic mass is 16.7. The van der Waals surface area contributed by atoms with Crippen LogP contribution in [0.2, 0.25) is 0 Å². The fraction of sp³-hybridized carbons (Fsp3) is 0.250. The minimum atomic E-state index is 0.186. The van der Waals surface area contributed by atoms with Crippen molar-refractivity contribution in [1.29, 1.82) is 0 Å². The first kappa shape index (κ1) is 13.7. The van der Waals surface area contributed by atoms with E-state index >= 15 is 0 Å². The predicted molar refractivity (Wildman–Crippen MR) is 80.7 cm³/mol. The Labute approximate surface area is 132 Å². The molecule has 1 aromatic carbocycles. The number of nitrogens with zero attached hydrogens (tertiary/aromatic N) is 3. The number of ether oxygens (including phenoxy) is 3. The van der Waals surface area contributed by atoms with Crippen molar-refractivity contribution in [2.45, 2.75) is 13.5 Å². The van der Waals surface area contributed by atoms with Crippen molar-refractivity contribution in [1.82, 2.24) is 14.5 Å². The first-order valence-corrected chi connectivity index (χ1v) is 7.14. The topological polar surface area (TPSA) is 71.5 Å². The van der Waals surface area contributed by atoms with Crippen molar-refractivity contribution >= 4 is 0 Å². The molecule has 23 heavy (non-hydrogen) atoms. The van der Waals surface area contributed by atoms with E-state index in [0.717, 1.165) is 17.0 Å². The summed E-state index contributed by atoms with van der Waals surface area (Å²) in [4.78, 5) is 8.62. The Morgan fingerprint density at radius 3 is 3.00 bits per heavy atom. The second kappa shape index (κ2) is 5.35. The van der Waals surface area contributed by atoms with Crippen LogP contribution in [0.5, 0.6) is 17.2 Å². The molecular formula is C16H15N3O4. The Morgan fingerprint density at radius 2 is 2.22 bits per heavy atom. The highest BCUT2D eigenvalue weighted by Crippen LogP contribution is 2.44. The highest BCUT2D eigenvalue weighted by Gasteiger charge is 2.22. The maximum atomic E-state index is 5.81. The van der Waals surface area contributed by atoms with Gasteiger partial charge in [-0.25, -0.2) is 9.97 Å². The van der Waals surface area contributed by atoms with E-state index in [1.807, 2.05) is 29.8 Å². The molecule has 0 bridgehead atoms. The summed E-state index contributed by atoms with van der Waals surface area (Å²) in [7, 11) is 1.59. The monoisotopic (exact) mass is 313 g/mol. The van der Waals surface area contributed by atoms with Crippen molar-refractivity contribution in [3.05, 3.63) is 42.3 Å². The molecule has 0 N–H and O–H groups in total. The fourth-order valence-corrected chi connectivity index (χ4v) is 2.50. The first-order chi connectivity index (χ1) is 11.2. The Kier molecular flexibility index (Phi) is 3.18. The lowest BCUT2D eigenvalue weighted by molar-refractivity contribution is 0.171. The van der Waals surface area contributed by atoms with E-state index in [4.69, 9.17) is 18.6 Å². The van der Waals surface area contributed by atoms with Gasteiger partial charge in [-0.3, -0.25) is 0 Å². The molecule has 0 spiro atoms. The number of hydrogen-bond acceptors (Lipinski definition) is 6. The molecule has 3 aromatic rings. The molecule has 2 aromatic heterocycles. The third kappa shape index (κ3) is 2.40. The zero-order valence-corrected chi connectivity index (χ0v) is 12.8. The van der Waals surface area contributed by atoms with Crippen LogP contribution in [0.25, 0.3) is 11.5 Å². The Hall–Kier alpha value is -2.96. The Bertz CT molecular complexity index is 839. The van der Waals surface area contributed by atoms with Gasteiger partial charge in [0.1, 0.15) is 11.5 Å². The zero-order valence-electron chi connectivity index (χ0n) is 12.8. The van der Waals surface area contributed by atoms with Gasteiger partial charge in [0.2, 0.25) is 18.4 Å². The second-order valence-electron chi connectivity index (χ2n) is 5.17. The number of aryl methyl sites for hydroxylation is 1. The average molecular weight is 313 g/mol. The van der Waals surface area contributed by atoms with Crippen molar-refractivity contribution in [2.75, 3.05) is 13.9 Å².